The van der Waals surface area contributed by atoms with Gasteiger partial charge in [0.2, 0.25) is 0 Å². The number of hydrogen-bond donors (Lipinski definition) is 3. The average molecular weight is 748 g/mol. The van der Waals surface area contributed by atoms with Crippen molar-refractivity contribution in [2.75, 3.05) is 27.4 Å². The lowest BCUT2D eigenvalue weighted by Crippen LogP contribution is -2.60. The standard InChI is InChI=1S/C38H49N7O7S/c1-9-44-26-15-14-22(41-31(26)28-29(38(5,6)20-46)33(50-7)30-21(32(28)44)12-10-16-39-30)25-19-53-27(40-25)18-24(42-36(49)52-37(2,3)4)34(47)45-17-11-13-23(43-45)35(48)51-8/h10,12,14-16,19,23-24,29,33,43,46H,9,11,13,17-18,20H2,1-8H3,(H,42,49)/t23-,24-,29?,33-/m0/s1. The van der Waals surface area contributed by atoms with Crippen molar-refractivity contribution in [2.24, 2.45) is 5.41 Å². The lowest BCUT2D eigenvalue weighted by Gasteiger charge is -2.41. The number of esters is 1. The van der Waals surface area contributed by atoms with Gasteiger partial charge in [-0.25, -0.2) is 20.2 Å². The Balaban J connectivity index is 1.37. The largest absolute Gasteiger partial charge is 0.468 e. The number of rotatable bonds is 10. The van der Waals surface area contributed by atoms with Gasteiger partial charge in [0.1, 0.15) is 23.8 Å². The number of nitrogens with zero attached hydrogens (tertiary/aromatic N) is 5. The number of aliphatic hydroxyl groups excluding tert-OH is 1. The number of ether oxygens (including phenoxy) is 3. The molecule has 5 heterocycles. The van der Waals surface area contributed by atoms with Crippen LogP contribution in [-0.2, 0) is 36.8 Å². The molecule has 53 heavy (non-hydrogen) atoms. The number of hydrogen-bond acceptors (Lipinski definition) is 12. The number of methoxy groups -OCH3 is 2. The summed E-state index contributed by atoms with van der Waals surface area (Å²) in [6.45, 7) is 12.4. The Morgan fingerprint density at radius 3 is 2.57 bits per heavy atom. The molecule has 284 valence electrons. The van der Waals surface area contributed by atoms with E-state index in [0.717, 1.165) is 33.5 Å². The van der Waals surface area contributed by atoms with Crippen LogP contribution in [0.15, 0.2) is 35.8 Å². The summed E-state index contributed by atoms with van der Waals surface area (Å²) in [6, 6.07) is 6.27. The quantitative estimate of drug-likeness (QED) is 0.184. The van der Waals surface area contributed by atoms with Gasteiger partial charge in [0.25, 0.3) is 5.91 Å². The van der Waals surface area contributed by atoms with E-state index in [1.807, 2.05) is 31.4 Å². The summed E-state index contributed by atoms with van der Waals surface area (Å²) in [5.74, 6) is -1.14. The monoisotopic (exact) mass is 747 g/mol. The van der Waals surface area contributed by atoms with E-state index in [2.05, 4.69) is 34.4 Å². The highest BCUT2D eigenvalue weighted by Gasteiger charge is 2.46. The van der Waals surface area contributed by atoms with E-state index in [1.54, 1.807) is 34.1 Å². The summed E-state index contributed by atoms with van der Waals surface area (Å²) >= 11 is 1.36. The van der Waals surface area contributed by atoms with Gasteiger partial charge in [-0.3, -0.25) is 19.6 Å². The lowest BCUT2D eigenvalue weighted by molar-refractivity contribution is -0.150. The van der Waals surface area contributed by atoms with Crippen LogP contribution in [0, 0.1) is 5.41 Å². The maximum absolute atomic E-state index is 13.9. The van der Waals surface area contributed by atoms with Gasteiger partial charge in [-0.2, -0.15) is 0 Å². The number of hydrazine groups is 1. The van der Waals surface area contributed by atoms with Crippen molar-refractivity contribution < 1.29 is 33.7 Å². The van der Waals surface area contributed by atoms with Crippen molar-refractivity contribution in [1.29, 1.82) is 0 Å². The number of alkyl carbamates (subject to hydrolysis) is 1. The highest BCUT2D eigenvalue weighted by Crippen LogP contribution is 2.56. The zero-order valence-corrected chi connectivity index (χ0v) is 32.4. The normalized spacial score (nSPS) is 19.3. The molecule has 1 aliphatic heterocycles. The molecule has 15 heteroatoms. The van der Waals surface area contributed by atoms with E-state index in [-0.39, 0.29) is 18.9 Å². The van der Waals surface area contributed by atoms with E-state index < -0.39 is 47.2 Å². The minimum atomic E-state index is -1.03. The number of carbonyl (C=O) groups excluding carboxylic acids is 3. The molecule has 14 nitrogen and oxygen atoms in total. The molecule has 6 rings (SSSR count). The molecular formula is C38H49N7O7S. The summed E-state index contributed by atoms with van der Waals surface area (Å²) in [7, 11) is 2.98. The number of carbonyl (C=O) groups is 3. The van der Waals surface area contributed by atoms with E-state index >= 15 is 0 Å². The number of amides is 2. The van der Waals surface area contributed by atoms with Gasteiger partial charge in [0.05, 0.1) is 45.9 Å². The molecule has 2 aliphatic rings. The predicted octanol–water partition coefficient (Wildman–Crippen LogP) is 5.15. The van der Waals surface area contributed by atoms with E-state index in [4.69, 9.17) is 29.2 Å². The molecule has 1 aliphatic carbocycles. The third-order valence-electron chi connectivity index (χ3n) is 9.86. The Bertz CT molecular complexity index is 2000. The molecular weight excluding hydrogens is 699 g/mol. The fourth-order valence-corrected chi connectivity index (χ4v) is 8.23. The van der Waals surface area contributed by atoms with Gasteiger partial charge in [-0.05, 0) is 70.2 Å². The molecule has 4 aromatic heterocycles. The fraction of sp³-hybridized carbons (Fsp3) is 0.526. The van der Waals surface area contributed by atoms with Crippen LogP contribution in [0.5, 0.6) is 0 Å². The second-order valence-electron chi connectivity index (χ2n) is 15.2. The van der Waals surface area contributed by atoms with Gasteiger partial charge < -0.3 is 29.2 Å². The second-order valence-corrected chi connectivity index (χ2v) is 16.1. The molecule has 2 amide bonds. The molecule has 0 radical (unpaired) electrons. The second kappa shape index (κ2) is 15.1. The van der Waals surface area contributed by atoms with E-state index in [9.17, 15) is 19.5 Å². The molecule has 3 N–H and O–H groups in total. The third-order valence-corrected chi connectivity index (χ3v) is 10.7. The van der Waals surface area contributed by atoms with Gasteiger partial charge in [-0.15, -0.1) is 11.3 Å². The van der Waals surface area contributed by atoms with E-state index in [1.165, 1.54) is 23.5 Å². The van der Waals surface area contributed by atoms with Crippen LogP contribution in [0.25, 0.3) is 33.7 Å². The van der Waals surface area contributed by atoms with Crippen LogP contribution in [-0.4, -0.2) is 92.7 Å². The number of fused-ring (bicyclic) bond motifs is 5. The van der Waals surface area contributed by atoms with Crippen LogP contribution in [0.1, 0.15) is 82.7 Å². The molecule has 4 atom stereocenters. The molecule has 0 saturated carbocycles. The summed E-state index contributed by atoms with van der Waals surface area (Å²) in [5, 5.41) is 17.3. The van der Waals surface area contributed by atoms with Crippen LogP contribution >= 0.6 is 11.3 Å². The Morgan fingerprint density at radius 1 is 1.11 bits per heavy atom. The average Bonchev–Trinajstić information content (AvgIpc) is 3.74. The van der Waals surface area contributed by atoms with Crippen LogP contribution < -0.4 is 10.7 Å². The summed E-state index contributed by atoms with van der Waals surface area (Å²) in [5.41, 5.74) is 8.45. The number of pyridine rings is 2. The number of thiazole rings is 1. The maximum atomic E-state index is 13.9. The predicted molar refractivity (Wildman–Crippen MR) is 200 cm³/mol. The maximum Gasteiger partial charge on any atom is 0.408 e. The van der Waals surface area contributed by atoms with E-state index in [0.29, 0.717) is 42.3 Å². The number of nitrogens with one attached hydrogen (secondary N) is 2. The Labute approximate surface area is 313 Å². The third kappa shape index (κ3) is 7.52. The van der Waals surface area contributed by atoms with Crippen LogP contribution in [0.3, 0.4) is 0 Å². The first-order chi connectivity index (χ1) is 25.2. The van der Waals surface area contributed by atoms with Crippen LogP contribution in [0.2, 0.25) is 0 Å². The van der Waals surface area contributed by atoms with Crippen molar-refractivity contribution in [3.8, 4) is 22.6 Å². The zero-order valence-electron chi connectivity index (χ0n) is 31.6. The number of aryl methyl sites for hydroxylation is 1. The minimum Gasteiger partial charge on any atom is -0.468 e. The molecule has 1 unspecified atom stereocenters. The summed E-state index contributed by atoms with van der Waals surface area (Å²) in [4.78, 5) is 54.0. The molecule has 1 fully saturated rings. The molecule has 1 saturated heterocycles. The Kier molecular flexibility index (Phi) is 10.9. The number of aliphatic hydroxyl groups is 1. The smallest absolute Gasteiger partial charge is 0.408 e. The van der Waals surface area contributed by atoms with Crippen molar-refractivity contribution >= 4 is 40.3 Å². The Hall–Kier alpha value is -4.44. The topological polar surface area (TPSA) is 170 Å². The van der Waals surface area contributed by atoms with Gasteiger partial charge in [0, 0.05) is 61.8 Å². The van der Waals surface area contributed by atoms with Crippen molar-refractivity contribution in [3.63, 3.8) is 0 Å². The van der Waals surface area contributed by atoms with Crippen molar-refractivity contribution in [3.05, 3.63) is 52.1 Å². The molecule has 0 bridgehead atoms. The van der Waals surface area contributed by atoms with Crippen molar-refractivity contribution in [2.45, 2.75) is 97.1 Å². The van der Waals surface area contributed by atoms with Gasteiger partial charge in [0.15, 0.2) is 0 Å². The first kappa shape index (κ1) is 38.3. The summed E-state index contributed by atoms with van der Waals surface area (Å²) in [6.07, 6.45) is 1.82. The van der Waals surface area contributed by atoms with Crippen LogP contribution in [0.4, 0.5) is 4.79 Å². The lowest BCUT2D eigenvalue weighted by atomic mass is 9.67. The Morgan fingerprint density at radius 2 is 1.89 bits per heavy atom. The van der Waals surface area contributed by atoms with Gasteiger partial charge >= 0.3 is 12.1 Å². The molecule has 4 aromatic rings. The minimum absolute atomic E-state index is 0.0689. The highest BCUT2D eigenvalue weighted by atomic mass is 32.1. The highest BCUT2D eigenvalue weighted by molar-refractivity contribution is 7.10. The SMILES string of the molecule is CCn1c2c(c3nc(-c4csc(C[C@H](NC(=O)OC(C)(C)C)C(=O)N5CCC[C@@H](C(=O)OC)N5)n4)ccc31)C(C(C)(C)CO)[C@H](OC)c1ncccc1-2. The zero-order chi connectivity index (χ0) is 38.2. The van der Waals surface area contributed by atoms with Crippen molar-refractivity contribution in [1.82, 2.24) is 35.3 Å². The first-order valence-corrected chi connectivity index (χ1v) is 18.8. The number of aromatic nitrogens is 4. The molecule has 0 spiro atoms. The summed E-state index contributed by atoms with van der Waals surface area (Å²) < 4.78 is 18.8. The molecule has 0 aromatic carbocycles. The fourth-order valence-electron chi connectivity index (χ4n) is 7.39. The first-order valence-electron chi connectivity index (χ1n) is 17.9. The van der Waals surface area contributed by atoms with Gasteiger partial charge in [-0.1, -0.05) is 13.8 Å².